The molecular formula is C11H16N2OS. The predicted octanol–water partition coefficient (Wildman–Crippen LogP) is 1.12. The summed E-state index contributed by atoms with van der Waals surface area (Å²) >= 11 is 0. The molecule has 2 rings (SSSR count). The van der Waals surface area contributed by atoms with Crippen LogP contribution in [0.1, 0.15) is 10.8 Å². The molecule has 0 radical (unpaired) electrons. The average molecular weight is 224 g/mol. The summed E-state index contributed by atoms with van der Waals surface area (Å²) in [6.07, 6.45) is 0. The molecule has 2 atom stereocenters. The lowest BCUT2D eigenvalue weighted by molar-refractivity contribution is 0.624. The highest BCUT2D eigenvalue weighted by molar-refractivity contribution is 7.85. The van der Waals surface area contributed by atoms with Gasteiger partial charge in [0.05, 0.1) is 5.25 Å². The molecule has 3 nitrogen and oxygen atoms in total. The van der Waals surface area contributed by atoms with Gasteiger partial charge in [0, 0.05) is 42.4 Å². The molecule has 0 spiro atoms. The molecule has 0 bridgehead atoms. The molecule has 15 heavy (non-hydrogen) atoms. The molecule has 4 heteroatoms. The zero-order chi connectivity index (χ0) is 10.7. The smallest absolute Gasteiger partial charge is 0.0722 e. The molecule has 2 N–H and O–H groups in total. The normalized spacial score (nSPS) is 26.2. The Hall–Kier alpha value is -0.870. The number of nitrogens with one attached hydrogen (secondary N) is 2. The Morgan fingerprint density at radius 1 is 1.40 bits per heavy atom. The maximum absolute atomic E-state index is 11.8. The van der Waals surface area contributed by atoms with E-state index in [2.05, 4.69) is 22.8 Å². The summed E-state index contributed by atoms with van der Waals surface area (Å²) in [4.78, 5) is 0. The van der Waals surface area contributed by atoms with E-state index in [1.807, 2.05) is 19.2 Å². The summed E-state index contributed by atoms with van der Waals surface area (Å²) in [5.74, 6) is 0.762. The summed E-state index contributed by atoms with van der Waals surface area (Å²) in [6, 6.07) is 8.17. The SMILES string of the molecule is CNc1ccc(C2CNCCS2=O)cc1. The fourth-order valence-electron chi connectivity index (χ4n) is 1.78. The quantitative estimate of drug-likeness (QED) is 0.791. The molecule has 2 unspecified atom stereocenters. The van der Waals surface area contributed by atoms with Crippen molar-refractivity contribution in [2.75, 3.05) is 31.2 Å². The fraction of sp³-hybridized carbons (Fsp3) is 0.455. The van der Waals surface area contributed by atoms with Crippen LogP contribution < -0.4 is 10.6 Å². The van der Waals surface area contributed by atoms with Gasteiger partial charge in [-0.15, -0.1) is 0 Å². The molecule has 0 saturated carbocycles. The lowest BCUT2D eigenvalue weighted by Gasteiger charge is -2.22. The Bertz CT molecular complexity index is 350. The van der Waals surface area contributed by atoms with Crippen LogP contribution in [0.25, 0.3) is 0 Å². The van der Waals surface area contributed by atoms with Gasteiger partial charge in [-0.1, -0.05) is 12.1 Å². The topological polar surface area (TPSA) is 41.1 Å². The highest BCUT2D eigenvalue weighted by Gasteiger charge is 2.21. The van der Waals surface area contributed by atoms with Gasteiger partial charge in [0.1, 0.15) is 0 Å². The van der Waals surface area contributed by atoms with Gasteiger partial charge in [0.15, 0.2) is 0 Å². The van der Waals surface area contributed by atoms with Crippen molar-refractivity contribution < 1.29 is 4.21 Å². The monoisotopic (exact) mass is 224 g/mol. The molecule has 1 heterocycles. The van der Waals surface area contributed by atoms with Gasteiger partial charge in [-0.25, -0.2) is 0 Å². The zero-order valence-electron chi connectivity index (χ0n) is 8.82. The highest BCUT2D eigenvalue weighted by Crippen LogP contribution is 2.22. The maximum Gasteiger partial charge on any atom is 0.0722 e. The van der Waals surface area contributed by atoms with E-state index < -0.39 is 10.8 Å². The van der Waals surface area contributed by atoms with Crippen molar-refractivity contribution in [2.24, 2.45) is 0 Å². The van der Waals surface area contributed by atoms with E-state index in [-0.39, 0.29) is 5.25 Å². The van der Waals surface area contributed by atoms with Crippen molar-refractivity contribution in [3.63, 3.8) is 0 Å². The average Bonchev–Trinajstić information content (AvgIpc) is 2.30. The Morgan fingerprint density at radius 2 is 2.13 bits per heavy atom. The lowest BCUT2D eigenvalue weighted by atomic mass is 10.1. The van der Waals surface area contributed by atoms with E-state index in [4.69, 9.17) is 0 Å². The standard InChI is InChI=1S/C11H16N2OS/c1-12-10-4-2-9(3-5-10)11-8-13-6-7-15(11)14/h2-5,11-13H,6-8H2,1H3. The minimum atomic E-state index is -0.720. The van der Waals surface area contributed by atoms with Gasteiger partial charge in [-0.3, -0.25) is 4.21 Å². The van der Waals surface area contributed by atoms with E-state index in [1.165, 1.54) is 5.56 Å². The third-order valence-electron chi connectivity index (χ3n) is 2.70. The third-order valence-corrected chi connectivity index (χ3v) is 4.38. The van der Waals surface area contributed by atoms with Crippen LogP contribution in [-0.4, -0.2) is 30.1 Å². The van der Waals surface area contributed by atoms with Crippen LogP contribution in [0.5, 0.6) is 0 Å². The second-order valence-corrected chi connectivity index (χ2v) is 5.39. The van der Waals surface area contributed by atoms with Crippen LogP contribution in [0.15, 0.2) is 24.3 Å². The Balaban J connectivity index is 2.17. The largest absolute Gasteiger partial charge is 0.388 e. The summed E-state index contributed by atoms with van der Waals surface area (Å²) in [6.45, 7) is 1.70. The van der Waals surface area contributed by atoms with Crippen molar-refractivity contribution in [2.45, 2.75) is 5.25 Å². The predicted molar refractivity (Wildman–Crippen MR) is 64.6 cm³/mol. The minimum absolute atomic E-state index is 0.157. The summed E-state index contributed by atoms with van der Waals surface area (Å²) < 4.78 is 11.8. The van der Waals surface area contributed by atoms with E-state index in [0.29, 0.717) is 0 Å². The van der Waals surface area contributed by atoms with E-state index in [0.717, 1.165) is 24.5 Å². The molecule has 0 aliphatic carbocycles. The number of hydrogen-bond acceptors (Lipinski definition) is 3. The van der Waals surface area contributed by atoms with E-state index >= 15 is 0 Å². The number of hydrogen-bond donors (Lipinski definition) is 2. The molecule has 1 aliphatic rings. The third kappa shape index (κ3) is 2.38. The summed E-state index contributed by atoms with van der Waals surface area (Å²) in [5.41, 5.74) is 2.26. The van der Waals surface area contributed by atoms with Gasteiger partial charge >= 0.3 is 0 Å². The van der Waals surface area contributed by atoms with Gasteiger partial charge in [0.25, 0.3) is 0 Å². The molecule has 1 aromatic carbocycles. The first-order valence-corrected chi connectivity index (χ1v) is 6.55. The van der Waals surface area contributed by atoms with E-state index in [1.54, 1.807) is 0 Å². The van der Waals surface area contributed by atoms with Gasteiger partial charge in [-0.05, 0) is 17.7 Å². The summed E-state index contributed by atoms with van der Waals surface area (Å²) in [7, 11) is 1.18. The second kappa shape index (κ2) is 4.77. The Labute approximate surface area is 92.7 Å². The molecule has 1 aliphatic heterocycles. The fourth-order valence-corrected chi connectivity index (χ4v) is 3.17. The first-order valence-electron chi connectivity index (χ1n) is 5.17. The van der Waals surface area contributed by atoms with Crippen LogP contribution in [0.4, 0.5) is 5.69 Å². The highest BCUT2D eigenvalue weighted by atomic mass is 32.2. The molecule has 82 valence electrons. The van der Waals surface area contributed by atoms with E-state index in [9.17, 15) is 4.21 Å². The number of anilines is 1. The van der Waals surface area contributed by atoms with Crippen LogP contribution in [0.2, 0.25) is 0 Å². The first-order chi connectivity index (χ1) is 7.31. The first kappa shape index (κ1) is 10.6. The molecule has 0 aromatic heterocycles. The zero-order valence-corrected chi connectivity index (χ0v) is 9.64. The van der Waals surface area contributed by atoms with Gasteiger partial charge < -0.3 is 10.6 Å². The molecular weight excluding hydrogens is 208 g/mol. The van der Waals surface area contributed by atoms with Crippen molar-refractivity contribution >= 4 is 16.5 Å². The van der Waals surface area contributed by atoms with Gasteiger partial charge in [-0.2, -0.15) is 0 Å². The number of benzene rings is 1. The lowest BCUT2D eigenvalue weighted by Crippen LogP contribution is -2.35. The second-order valence-electron chi connectivity index (χ2n) is 3.65. The van der Waals surface area contributed by atoms with Gasteiger partial charge in [0.2, 0.25) is 0 Å². The van der Waals surface area contributed by atoms with Crippen molar-refractivity contribution in [1.82, 2.24) is 5.32 Å². The van der Waals surface area contributed by atoms with Crippen LogP contribution >= 0.6 is 0 Å². The minimum Gasteiger partial charge on any atom is -0.388 e. The molecule has 0 amide bonds. The van der Waals surface area contributed by atoms with Crippen molar-refractivity contribution in [3.8, 4) is 0 Å². The number of rotatable bonds is 2. The Kier molecular flexibility index (Phi) is 3.38. The van der Waals surface area contributed by atoms with Crippen molar-refractivity contribution in [3.05, 3.63) is 29.8 Å². The molecule has 1 saturated heterocycles. The maximum atomic E-state index is 11.8. The molecule has 1 aromatic rings. The van der Waals surface area contributed by atoms with Crippen LogP contribution in [0.3, 0.4) is 0 Å². The molecule has 1 fully saturated rings. The Morgan fingerprint density at radius 3 is 2.73 bits per heavy atom. The van der Waals surface area contributed by atoms with Crippen LogP contribution in [-0.2, 0) is 10.8 Å². The van der Waals surface area contributed by atoms with Crippen molar-refractivity contribution in [1.29, 1.82) is 0 Å². The summed E-state index contributed by atoms with van der Waals surface area (Å²) in [5, 5.41) is 6.52. The van der Waals surface area contributed by atoms with Crippen LogP contribution in [0, 0.1) is 0 Å².